The van der Waals surface area contributed by atoms with Gasteiger partial charge >= 0.3 is 5.97 Å². The maximum absolute atomic E-state index is 13.3. The third kappa shape index (κ3) is 3.94. The van der Waals surface area contributed by atoms with Crippen LogP contribution in [0.4, 0.5) is 0 Å². The Morgan fingerprint density at radius 3 is 2.28 bits per heavy atom. The van der Waals surface area contributed by atoms with E-state index in [9.17, 15) is 9.59 Å². The smallest absolute Gasteiger partial charge is 0.316 e. The summed E-state index contributed by atoms with van der Waals surface area (Å²) in [5, 5.41) is 0. The highest BCUT2D eigenvalue weighted by molar-refractivity contribution is 5.94. The lowest BCUT2D eigenvalue weighted by Crippen LogP contribution is -2.35. The minimum Gasteiger partial charge on any atom is -0.486 e. The first kappa shape index (κ1) is 20.9. The molecule has 0 N–H and O–H groups in total. The van der Waals surface area contributed by atoms with Crippen molar-refractivity contribution in [3.05, 3.63) is 59.2 Å². The van der Waals surface area contributed by atoms with Gasteiger partial charge in [-0.25, -0.2) is 0 Å². The molecule has 1 amide bonds. The van der Waals surface area contributed by atoms with E-state index in [-0.39, 0.29) is 18.5 Å². The van der Waals surface area contributed by atoms with E-state index in [2.05, 4.69) is 0 Å². The van der Waals surface area contributed by atoms with Crippen LogP contribution in [0.1, 0.15) is 60.0 Å². The van der Waals surface area contributed by atoms with Gasteiger partial charge in [-0.05, 0) is 61.1 Å². The van der Waals surface area contributed by atoms with Gasteiger partial charge in [-0.1, -0.05) is 31.0 Å². The summed E-state index contributed by atoms with van der Waals surface area (Å²) in [7, 11) is 0. The fraction of sp³-hybridized carbons (Fsp3) is 0.462. The van der Waals surface area contributed by atoms with Gasteiger partial charge in [0.05, 0.1) is 5.41 Å². The van der Waals surface area contributed by atoms with Gasteiger partial charge in [0.25, 0.3) is 5.91 Å². The van der Waals surface area contributed by atoms with Crippen LogP contribution in [0.3, 0.4) is 0 Å². The lowest BCUT2D eigenvalue weighted by atomic mass is 9.78. The Morgan fingerprint density at radius 1 is 0.875 bits per heavy atom. The second-order valence-electron chi connectivity index (χ2n) is 8.92. The maximum atomic E-state index is 13.3. The van der Waals surface area contributed by atoms with E-state index in [0.717, 1.165) is 68.5 Å². The summed E-state index contributed by atoms with van der Waals surface area (Å²) in [4.78, 5) is 27.7. The molecule has 1 saturated carbocycles. The summed E-state index contributed by atoms with van der Waals surface area (Å²) in [6.45, 7) is 2.93. The van der Waals surface area contributed by atoms with Crippen molar-refractivity contribution in [1.82, 2.24) is 4.90 Å². The maximum Gasteiger partial charge on any atom is 0.316 e. The van der Waals surface area contributed by atoms with E-state index < -0.39 is 5.41 Å². The van der Waals surface area contributed by atoms with E-state index in [1.165, 1.54) is 0 Å². The lowest BCUT2D eigenvalue weighted by molar-refractivity contribution is -0.152. The summed E-state index contributed by atoms with van der Waals surface area (Å²) in [6, 6.07) is 13.2. The Balaban J connectivity index is 1.27. The van der Waals surface area contributed by atoms with E-state index in [4.69, 9.17) is 14.2 Å². The minimum absolute atomic E-state index is 0.0783. The number of esters is 1. The van der Waals surface area contributed by atoms with Crippen molar-refractivity contribution in [3.63, 3.8) is 0 Å². The first-order valence-electron chi connectivity index (χ1n) is 11.6. The summed E-state index contributed by atoms with van der Waals surface area (Å²) in [5.74, 6) is 1.31. The number of fused-ring (bicyclic) bond motifs is 1. The van der Waals surface area contributed by atoms with Gasteiger partial charge in [0.1, 0.15) is 19.8 Å². The molecule has 0 spiro atoms. The standard InChI is InChI=1S/C26H29NO5/c28-24(27-13-3-4-14-27)20-7-5-19(6-8-20)18-32-25(29)26(11-1-2-12-26)21-9-10-22-23(17-21)31-16-15-30-22/h5-10,17H,1-4,11-16,18H2. The van der Waals surface area contributed by atoms with E-state index in [1.807, 2.05) is 47.4 Å². The second kappa shape index (κ2) is 8.85. The van der Waals surface area contributed by atoms with E-state index >= 15 is 0 Å². The third-order valence-corrected chi connectivity index (χ3v) is 6.91. The van der Waals surface area contributed by atoms with Crippen LogP contribution >= 0.6 is 0 Å². The highest BCUT2D eigenvalue weighted by atomic mass is 16.6. The molecule has 2 aromatic carbocycles. The number of amides is 1. The molecule has 0 unspecified atom stereocenters. The predicted octanol–water partition coefficient (Wildman–Crippen LogP) is 4.25. The summed E-state index contributed by atoms with van der Waals surface area (Å²) in [6.07, 6.45) is 5.69. The van der Waals surface area contributed by atoms with Crippen LogP contribution in [0.5, 0.6) is 11.5 Å². The molecule has 1 aliphatic carbocycles. The van der Waals surface area contributed by atoms with Crippen molar-refractivity contribution in [2.24, 2.45) is 0 Å². The zero-order valence-electron chi connectivity index (χ0n) is 18.3. The van der Waals surface area contributed by atoms with Crippen LogP contribution in [-0.2, 0) is 21.6 Å². The first-order chi connectivity index (χ1) is 15.7. The zero-order chi connectivity index (χ0) is 22.0. The quantitative estimate of drug-likeness (QED) is 0.657. The van der Waals surface area contributed by atoms with E-state index in [0.29, 0.717) is 24.5 Å². The van der Waals surface area contributed by atoms with E-state index in [1.54, 1.807) is 0 Å². The number of carbonyl (C=O) groups is 2. The molecule has 5 rings (SSSR count). The second-order valence-corrected chi connectivity index (χ2v) is 8.92. The molecule has 0 aromatic heterocycles. The number of likely N-dealkylation sites (tertiary alicyclic amines) is 1. The topological polar surface area (TPSA) is 65.1 Å². The Morgan fingerprint density at radius 2 is 1.56 bits per heavy atom. The number of rotatable bonds is 5. The molecular weight excluding hydrogens is 406 g/mol. The van der Waals surface area contributed by atoms with Gasteiger partial charge in [-0.2, -0.15) is 0 Å². The van der Waals surface area contributed by atoms with Gasteiger partial charge < -0.3 is 19.1 Å². The van der Waals surface area contributed by atoms with Crippen molar-refractivity contribution in [2.45, 2.75) is 50.5 Å². The molecule has 2 aromatic rings. The van der Waals surface area contributed by atoms with Crippen molar-refractivity contribution in [2.75, 3.05) is 26.3 Å². The molecule has 1 saturated heterocycles. The van der Waals surface area contributed by atoms with Gasteiger partial charge in [0.2, 0.25) is 0 Å². The van der Waals surface area contributed by atoms with Crippen LogP contribution in [-0.4, -0.2) is 43.1 Å². The summed E-state index contributed by atoms with van der Waals surface area (Å²) in [5.41, 5.74) is 1.87. The fourth-order valence-electron chi connectivity index (χ4n) is 5.06. The van der Waals surface area contributed by atoms with Crippen LogP contribution in [0.2, 0.25) is 0 Å². The molecule has 168 valence electrons. The average molecular weight is 436 g/mol. The van der Waals surface area contributed by atoms with Crippen LogP contribution < -0.4 is 9.47 Å². The molecule has 0 atom stereocenters. The average Bonchev–Trinajstić information content (AvgIpc) is 3.55. The highest BCUT2D eigenvalue weighted by Crippen LogP contribution is 2.45. The van der Waals surface area contributed by atoms with Gasteiger partial charge in [-0.3, -0.25) is 9.59 Å². The normalized spacial score (nSPS) is 19.1. The molecular formula is C26H29NO5. The van der Waals surface area contributed by atoms with Crippen molar-refractivity contribution in [3.8, 4) is 11.5 Å². The Kier molecular flexibility index (Phi) is 5.77. The Labute approximate surface area is 188 Å². The summed E-state index contributed by atoms with van der Waals surface area (Å²) >= 11 is 0. The van der Waals surface area contributed by atoms with Crippen LogP contribution in [0.15, 0.2) is 42.5 Å². The number of hydrogen-bond acceptors (Lipinski definition) is 5. The number of carbonyl (C=O) groups excluding carboxylic acids is 2. The number of ether oxygens (including phenoxy) is 3. The minimum atomic E-state index is -0.637. The van der Waals surface area contributed by atoms with Gasteiger partial charge in [0, 0.05) is 18.7 Å². The SMILES string of the molecule is O=C(c1ccc(COC(=O)C2(c3ccc4c(c3)OCCO4)CCCC2)cc1)N1CCCC1. The molecule has 6 heteroatoms. The van der Waals surface area contributed by atoms with Crippen molar-refractivity contribution in [1.29, 1.82) is 0 Å². The third-order valence-electron chi connectivity index (χ3n) is 6.91. The van der Waals surface area contributed by atoms with Gasteiger partial charge in [-0.15, -0.1) is 0 Å². The molecule has 6 nitrogen and oxygen atoms in total. The Bertz CT molecular complexity index is 988. The number of hydrogen-bond donors (Lipinski definition) is 0. The number of nitrogens with zero attached hydrogens (tertiary/aromatic N) is 1. The number of benzene rings is 2. The zero-order valence-corrected chi connectivity index (χ0v) is 18.3. The van der Waals surface area contributed by atoms with Crippen LogP contribution in [0, 0.1) is 0 Å². The van der Waals surface area contributed by atoms with Crippen LogP contribution in [0.25, 0.3) is 0 Å². The molecule has 32 heavy (non-hydrogen) atoms. The predicted molar refractivity (Wildman–Crippen MR) is 119 cm³/mol. The van der Waals surface area contributed by atoms with Crippen molar-refractivity contribution >= 4 is 11.9 Å². The van der Waals surface area contributed by atoms with Crippen molar-refractivity contribution < 1.29 is 23.8 Å². The molecule has 2 fully saturated rings. The molecule has 0 radical (unpaired) electrons. The molecule has 3 aliphatic rings. The summed E-state index contributed by atoms with van der Waals surface area (Å²) < 4.78 is 17.2. The Hall–Kier alpha value is -3.02. The van der Waals surface area contributed by atoms with Gasteiger partial charge in [0.15, 0.2) is 11.5 Å². The molecule has 2 heterocycles. The highest BCUT2D eigenvalue weighted by Gasteiger charge is 2.44. The lowest BCUT2D eigenvalue weighted by Gasteiger charge is -2.29. The molecule has 2 aliphatic heterocycles. The monoisotopic (exact) mass is 435 g/mol. The first-order valence-corrected chi connectivity index (χ1v) is 11.6. The fourth-order valence-corrected chi connectivity index (χ4v) is 5.06. The molecule has 0 bridgehead atoms. The largest absolute Gasteiger partial charge is 0.486 e.